The Balaban J connectivity index is 2.16. The van der Waals surface area contributed by atoms with Gasteiger partial charge in [-0.1, -0.05) is 0 Å². The van der Waals surface area contributed by atoms with E-state index >= 15 is 0 Å². The minimum Gasteiger partial charge on any atom is -0.316 e. The Kier molecular flexibility index (Phi) is 3.15. The van der Waals surface area contributed by atoms with E-state index in [-0.39, 0.29) is 5.78 Å². The van der Waals surface area contributed by atoms with Crippen LogP contribution in [-0.4, -0.2) is 15.8 Å². The SMILES string of the molecule is O=C(c1ccc2[nH]c(=O)c(=O)[nH]c2c1)c1sccc1Br. The molecule has 0 aliphatic rings. The second kappa shape index (κ2) is 4.84. The summed E-state index contributed by atoms with van der Waals surface area (Å²) in [7, 11) is 0. The first-order valence-corrected chi connectivity index (χ1v) is 7.27. The molecule has 0 unspecified atom stereocenters. The summed E-state index contributed by atoms with van der Waals surface area (Å²) in [5.41, 5.74) is -0.0927. The Morgan fingerprint density at radius 2 is 1.75 bits per heavy atom. The van der Waals surface area contributed by atoms with Crippen molar-refractivity contribution in [1.29, 1.82) is 0 Å². The molecule has 0 radical (unpaired) electrons. The summed E-state index contributed by atoms with van der Waals surface area (Å²) in [6, 6.07) is 6.58. The Bertz CT molecular complexity index is 938. The van der Waals surface area contributed by atoms with Gasteiger partial charge in [-0.3, -0.25) is 14.4 Å². The van der Waals surface area contributed by atoms with E-state index in [4.69, 9.17) is 0 Å². The molecule has 0 saturated heterocycles. The number of aromatic amines is 2. The molecule has 3 aromatic rings. The quantitative estimate of drug-likeness (QED) is 0.549. The van der Waals surface area contributed by atoms with Gasteiger partial charge in [0.1, 0.15) is 0 Å². The lowest BCUT2D eigenvalue weighted by Crippen LogP contribution is -2.28. The number of rotatable bonds is 2. The van der Waals surface area contributed by atoms with Crippen LogP contribution in [0.5, 0.6) is 0 Å². The highest BCUT2D eigenvalue weighted by molar-refractivity contribution is 9.10. The van der Waals surface area contributed by atoms with Crippen molar-refractivity contribution in [3.8, 4) is 0 Å². The highest BCUT2D eigenvalue weighted by Gasteiger charge is 2.14. The van der Waals surface area contributed by atoms with E-state index in [1.807, 2.05) is 5.38 Å². The van der Waals surface area contributed by atoms with Crippen molar-refractivity contribution < 1.29 is 4.79 Å². The summed E-state index contributed by atoms with van der Waals surface area (Å²) in [5, 5.41) is 1.82. The molecule has 0 spiro atoms. The predicted molar refractivity (Wildman–Crippen MR) is 80.6 cm³/mol. The molecule has 0 amide bonds. The van der Waals surface area contributed by atoms with Crippen molar-refractivity contribution in [3.63, 3.8) is 0 Å². The summed E-state index contributed by atoms with van der Waals surface area (Å²) in [4.78, 5) is 40.4. The van der Waals surface area contributed by atoms with Crippen LogP contribution in [0.25, 0.3) is 11.0 Å². The van der Waals surface area contributed by atoms with Crippen LogP contribution in [0, 0.1) is 0 Å². The molecule has 7 heteroatoms. The number of aromatic nitrogens is 2. The maximum atomic E-state index is 12.3. The number of thiophene rings is 1. The minimum atomic E-state index is -0.737. The second-order valence-corrected chi connectivity index (χ2v) is 5.87. The number of ketones is 1. The molecule has 0 fully saturated rings. The summed E-state index contributed by atoms with van der Waals surface area (Å²) in [6.45, 7) is 0. The Morgan fingerprint density at radius 1 is 1.05 bits per heavy atom. The number of hydrogen-bond donors (Lipinski definition) is 2. The van der Waals surface area contributed by atoms with Crippen molar-refractivity contribution in [2.75, 3.05) is 0 Å². The Labute approximate surface area is 124 Å². The first kappa shape index (κ1) is 13.0. The van der Waals surface area contributed by atoms with Gasteiger partial charge in [-0.15, -0.1) is 11.3 Å². The smallest absolute Gasteiger partial charge is 0.314 e. The molecular weight excluding hydrogens is 344 g/mol. The van der Waals surface area contributed by atoms with Gasteiger partial charge in [0.25, 0.3) is 0 Å². The van der Waals surface area contributed by atoms with Gasteiger partial charge in [-0.05, 0) is 45.6 Å². The zero-order valence-electron chi connectivity index (χ0n) is 9.90. The predicted octanol–water partition coefficient (Wildman–Crippen LogP) is 2.27. The molecule has 0 aliphatic heterocycles. The number of halogens is 1. The van der Waals surface area contributed by atoms with Gasteiger partial charge in [-0.25, -0.2) is 0 Å². The highest BCUT2D eigenvalue weighted by atomic mass is 79.9. The van der Waals surface area contributed by atoms with E-state index in [0.29, 0.717) is 21.5 Å². The molecule has 0 bridgehead atoms. The molecular formula is C13H7BrN2O3S. The molecule has 2 heterocycles. The molecule has 20 heavy (non-hydrogen) atoms. The van der Waals surface area contributed by atoms with E-state index in [0.717, 1.165) is 4.47 Å². The normalized spacial score (nSPS) is 10.8. The summed E-state index contributed by atoms with van der Waals surface area (Å²) >= 11 is 4.66. The Hall–Kier alpha value is -1.99. The van der Waals surface area contributed by atoms with E-state index in [1.54, 1.807) is 24.3 Å². The van der Waals surface area contributed by atoms with Gasteiger partial charge in [0.15, 0.2) is 0 Å². The molecule has 2 aromatic heterocycles. The van der Waals surface area contributed by atoms with Crippen molar-refractivity contribution in [1.82, 2.24) is 9.97 Å². The first-order chi connectivity index (χ1) is 9.56. The molecule has 1 aromatic carbocycles. The van der Waals surface area contributed by atoms with Gasteiger partial charge in [0.05, 0.1) is 15.9 Å². The zero-order chi connectivity index (χ0) is 14.3. The number of benzene rings is 1. The highest BCUT2D eigenvalue weighted by Crippen LogP contribution is 2.26. The van der Waals surface area contributed by atoms with Gasteiger partial charge < -0.3 is 9.97 Å². The fourth-order valence-corrected chi connectivity index (χ4v) is 3.36. The van der Waals surface area contributed by atoms with Crippen LogP contribution in [0.2, 0.25) is 0 Å². The lowest BCUT2D eigenvalue weighted by atomic mass is 10.1. The minimum absolute atomic E-state index is 0.138. The maximum Gasteiger partial charge on any atom is 0.314 e. The lowest BCUT2D eigenvalue weighted by Gasteiger charge is -2.02. The fraction of sp³-hybridized carbons (Fsp3) is 0. The average Bonchev–Trinajstić information content (AvgIpc) is 2.85. The molecule has 0 aliphatic carbocycles. The third-order valence-corrected chi connectivity index (χ3v) is 4.64. The topological polar surface area (TPSA) is 82.8 Å². The van der Waals surface area contributed by atoms with Crippen molar-refractivity contribution in [3.05, 3.63) is 65.3 Å². The van der Waals surface area contributed by atoms with Crippen LogP contribution < -0.4 is 11.1 Å². The van der Waals surface area contributed by atoms with Crippen molar-refractivity contribution >= 4 is 44.1 Å². The lowest BCUT2D eigenvalue weighted by molar-refractivity contribution is 0.104. The zero-order valence-corrected chi connectivity index (χ0v) is 12.3. The summed E-state index contributed by atoms with van der Waals surface area (Å²) in [5.74, 6) is -0.138. The summed E-state index contributed by atoms with van der Waals surface area (Å²) in [6.07, 6.45) is 0. The largest absolute Gasteiger partial charge is 0.316 e. The number of nitrogens with one attached hydrogen (secondary N) is 2. The van der Waals surface area contributed by atoms with Crippen LogP contribution in [0.3, 0.4) is 0 Å². The maximum absolute atomic E-state index is 12.3. The van der Waals surface area contributed by atoms with Crippen molar-refractivity contribution in [2.45, 2.75) is 0 Å². The van der Waals surface area contributed by atoms with E-state index < -0.39 is 11.1 Å². The molecule has 0 atom stereocenters. The van der Waals surface area contributed by atoms with Crippen LogP contribution in [-0.2, 0) is 0 Å². The third-order valence-electron chi connectivity index (χ3n) is 2.81. The third kappa shape index (κ3) is 2.14. The van der Waals surface area contributed by atoms with Crippen LogP contribution >= 0.6 is 27.3 Å². The van der Waals surface area contributed by atoms with E-state index in [9.17, 15) is 14.4 Å². The first-order valence-electron chi connectivity index (χ1n) is 5.60. The number of fused-ring (bicyclic) bond motifs is 1. The number of hydrogen-bond acceptors (Lipinski definition) is 4. The van der Waals surface area contributed by atoms with Crippen LogP contribution in [0.15, 0.2) is 43.7 Å². The van der Waals surface area contributed by atoms with Gasteiger partial charge in [0.2, 0.25) is 5.78 Å². The van der Waals surface area contributed by atoms with Crippen molar-refractivity contribution in [2.24, 2.45) is 0 Å². The number of H-pyrrole nitrogens is 2. The van der Waals surface area contributed by atoms with Crippen LogP contribution in [0.4, 0.5) is 0 Å². The van der Waals surface area contributed by atoms with Crippen LogP contribution in [0.1, 0.15) is 15.2 Å². The average molecular weight is 351 g/mol. The van der Waals surface area contributed by atoms with Gasteiger partial charge >= 0.3 is 11.1 Å². The van der Waals surface area contributed by atoms with E-state index in [2.05, 4.69) is 25.9 Å². The summed E-state index contributed by atoms with van der Waals surface area (Å²) < 4.78 is 0.738. The fourth-order valence-electron chi connectivity index (χ4n) is 1.84. The number of carbonyl (C=O) groups is 1. The monoisotopic (exact) mass is 350 g/mol. The van der Waals surface area contributed by atoms with Gasteiger partial charge in [-0.2, -0.15) is 0 Å². The van der Waals surface area contributed by atoms with E-state index in [1.165, 1.54) is 11.3 Å². The number of carbonyl (C=O) groups excluding carboxylic acids is 1. The molecule has 0 saturated carbocycles. The Morgan fingerprint density at radius 3 is 2.40 bits per heavy atom. The van der Waals surface area contributed by atoms with Gasteiger partial charge in [0, 0.05) is 10.0 Å². The molecule has 100 valence electrons. The molecule has 5 nitrogen and oxygen atoms in total. The molecule has 2 N–H and O–H groups in total. The molecule has 3 rings (SSSR count). The standard InChI is InChI=1S/C13H7BrN2O3S/c14-7-3-4-20-11(7)10(17)6-1-2-8-9(5-6)16-13(19)12(18)15-8/h1-5H,(H,15,18)(H,16,19). The second-order valence-electron chi connectivity index (χ2n) is 4.10.